The van der Waals surface area contributed by atoms with Crippen molar-refractivity contribution >= 4 is 17.9 Å². The maximum atomic E-state index is 9.10. The van der Waals surface area contributed by atoms with Gasteiger partial charge in [0.2, 0.25) is 5.95 Å². The molecule has 0 spiro atoms. The van der Waals surface area contributed by atoms with Gasteiger partial charge in [-0.3, -0.25) is 0 Å². The van der Waals surface area contributed by atoms with E-state index in [0.717, 1.165) is 53.8 Å². The first-order chi connectivity index (χ1) is 15.9. The van der Waals surface area contributed by atoms with E-state index in [9.17, 15) is 0 Å². The summed E-state index contributed by atoms with van der Waals surface area (Å²) >= 11 is 0. The van der Waals surface area contributed by atoms with Crippen LogP contribution in [-0.2, 0) is 20.9 Å². The number of nitrogens with one attached hydrogen (secondary N) is 1. The van der Waals surface area contributed by atoms with Crippen molar-refractivity contribution in [3.05, 3.63) is 42.6 Å². The fourth-order valence-corrected chi connectivity index (χ4v) is 4.40. The molecule has 9 nitrogen and oxygen atoms in total. The summed E-state index contributed by atoms with van der Waals surface area (Å²) in [4.78, 5) is 22.9. The molecule has 1 aromatic heterocycles. The number of imidazole rings is 1. The predicted octanol–water partition coefficient (Wildman–Crippen LogP) is 3.37. The van der Waals surface area contributed by atoms with Crippen LogP contribution >= 0.6 is 0 Å². The fraction of sp³-hybridized carbons (Fsp3) is 0.458. The van der Waals surface area contributed by atoms with Gasteiger partial charge in [0.25, 0.3) is 0 Å². The lowest BCUT2D eigenvalue weighted by atomic mass is 9.94. The molecular formula is C24H31N3O6. The van der Waals surface area contributed by atoms with E-state index in [0.29, 0.717) is 13.2 Å². The molecule has 1 heterocycles. The zero-order chi connectivity index (χ0) is 23.8. The highest BCUT2D eigenvalue weighted by Gasteiger charge is 2.35. The minimum absolute atomic E-state index is 0.659. The third kappa shape index (κ3) is 6.35. The molecule has 3 unspecified atom stereocenters. The second-order valence-corrected chi connectivity index (χ2v) is 8.10. The van der Waals surface area contributed by atoms with Gasteiger partial charge in [-0.15, -0.1) is 0 Å². The van der Waals surface area contributed by atoms with Crippen LogP contribution in [0.25, 0.3) is 11.3 Å². The van der Waals surface area contributed by atoms with Gasteiger partial charge >= 0.3 is 11.9 Å². The van der Waals surface area contributed by atoms with E-state index in [-0.39, 0.29) is 0 Å². The van der Waals surface area contributed by atoms with Crippen molar-refractivity contribution in [1.29, 1.82) is 0 Å². The molecule has 1 aromatic carbocycles. The molecule has 2 bridgehead atoms. The number of anilines is 1. The zero-order valence-corrected chi connectivity index (χ0v) is 18.9. The lowest BCUT2D eigenvalue weighted by Crippen LogP contribution is -2.21. The second kappa shape index (κ2) is 11.5. The quantitative estimate of drug-likeness (QED) is 0.387. The van der Waals surface area contributed by atoms with E-state index >= 15 is 0 Å². The molecule has 1 fully saturated rings. The van der Waals surface area contributed by atoms with Crippen LogP contribution in [0.5, 0.6) is 5.75 Å². The van der Waals surface area contributed by atoms with Gasteiger partial charge in [-0.2, -0.15) is 0 Å². The average Bonchev–Trinajstić information content (AvgIpc) is 3.53. The molecule has 0 radical (unpaired) electrons. The summed E-state index contributed by atoms with van der Waals surface area (Å²) in [5.41, 5.74) is 2.24. The van der Waals surface area contributed by atoms with Gasteiger partial charge in [0, 0.05) is 25.8 Å². The molecule has 4 rings (SSSR count). The molecule has 2 aromatic rings. The maximum Gasteiger partial charge on any atom is 0.414 e. The number of fused-ring (bicyclic) bond motifs is 2. The van der Waals surface area contributed by atoms with E-state index in [1.54, 1.807) is 7.11 Å². The number of aliphatic carboxylic acids is 2. The van der Waals surface area contributed by atoms with Crippen LogP contribution in [0, 0.1) is 17.8 Å². The molecule has 3 atom stereocenters. The lowest BCUT2D eigenvalue weighted by molar-refractivity contribution is -0.159. The Morgan fingerprint density at radius 3 is 2.42 bits per heavy atom. The summed E-state index contributed by atoms with van der Waals surface area (Å²) in [5.74, 6) is 0.450. The maximum absolute atomic E-state index is 9.10. The van der Waals surface area contributed by atoms with E-state index in [2.05, 4.69) is 39.2 Å². The number of aromatic nitrogens is 2. The molecule has 2 aliphatic rings. The Morgan fingerprint density at radius 2 is 1.88 bits per heavy atom. The first-order valence-electron chi connectivity index (χ1n) is 11.1. The molecule has 0 saturated heterocycles. The van der Waals surface area contributed by atoms with Crippen LogP contribution in [0.4, 0.5) is 5.95 Å². The number of methoxy groups -OCH3 is 1. The molecule has 1 saturated carbocycles. The molecular weight excluding hydrogens is 426 g/mol. The Morgan fingerprint density at radius 1 is 1.15 bits per heavy atom. The first kappa shape index (κ1) is 24.3. The number of hydrogen-bond donors (Lipinski definition) is 3. The van der Waals surface area contributed by atoms with Crippen LogP contribution in [0.3, 0.4) is 0 Å². The van der Waals surface area contributed by atoms with Crippen molar-refractivity contribution in [2.24, 2.45) is 17.8 Å². The van der Waals surface area contributed by atoms with E-state index in [1.807, 2.05) is 25.3 Å². The lowest BCUT2D eigenvalue weighted by Gasteiger charge is -2.20. The second-order valence-electron chi connectivity index (χ2n) is 8.10. The van der Waals surface area contributed by atoms with E-state index in [4.69, 9.17) is 29.3 Å². The van der Waals surface area contributed by atoms with Gasteiger partial charge in [-0.1, -0.05) is 12.2 Å². The number of ether oxygens (including phenoxy) is 2. The molecule has 9 heteroatoms. The predicted molar refractivity (Wildman–Crippen MR) is 123 cm³/mol. The van der Waals surface area contributed by atoms with Crippen molar-refractivity contribution < 1.29 is 29.3 Å². The molecule has 2 aliphatic carbocycles. The summed E-state index contributed by atoms with van der Waals surface area (Å²) in [6, 6.07) is 8.22. The largest absolute Gasteiger partial charge is 0.494 e. The van der Waals surface area contributed by atoms with Gasteiger partial charge in [-0.05, 0) is 61.8 Å². The number of allylic oxidation sites excluding steroid dienone is 2. The van der Waals surface area contributed by atoms with Gasteiger partial charge < -0.3 is 29.6 Å². The minimum atomic E-state index is -1.82. The van der Waals surface area contributed by atoms with Crippen molar-refractivity contribution in [3.63, 3.8) is 0 Å². The van der Waals surface area contributed by atoms with Crippen molar-refractivity contribution in [3.8, 4) is 17.0 Å². The van der Waals surface area contributed by atoms with Crippen LogP contribution in [0.15, 0.2) is 42.6 Å². The zero-order valence-electron chi connectivity index (χ0n) is 18.9. The monoisotopic (exact) mass is 457 g/mol. The number of nitrogens with zero attached hydrogens (tertiary/aromatic N) is 2. The summed E-state index contributed by atoms with van der Waals surface area (Å²) in [6.45, 7) is 5.09. The summed E-state index contributed by atoms with van der Waals surface area (Å²) in [7, 11) is 1.74. The molecule has 0 aliphatic heterocycles. The molecule has 0 amide bonds. The smallest absolute Gasteiger partial charge is 0.414 e. The number of carboxylic acids is 2. The van der Waals surface area contributed by atoms with Crippen LogP contribution in [0.1, 0.15) is 19.8 Å². The van der Waals surface area contributed by atoms with E-state index < -0.39 is 11.9 Å². The summed E-state index contributed by atoms with van der Waals surface area (Å²) < 4.78 is 13.1. The highest BCUT2D eigenvalue weighted by molar-refractivity contribution is 6.27. The van der Waals surface area contributed by atoms with Gasteiger partial charge in [-0.25, -0.2) is 14.6 Å². The number of carbonyl (C=O) groups is 2. The van der Waals surface area contributed by atoms with Crippen molar-refractivity contribution in [1.82, 2.24) is 9.55 Å². The van der Waals surface area contributed by atoms with E-state index in [1.165, 1.54) is 12.8 Å². The standard InChI is InChI=1S/C22H29N3O2.C2H2O4/c1-3-27-20-8-6-17(7-9-20)21-15-24-22(25(21)10-11-26-2)23-14-19-13-16-4-5-18(19)12-16;3-1(4)2(5)6/h4-9,15-16,18-19H,3,10-14H2,1-2H3,(H,23,24);(H,3,4)(H,5,6). The van der Waals surface area contributed by atoms with Gasteiger partial charge in [0.05, 0.1) is 25.1 Å². The highest BCUT2D eigenvalue weighted by Crippen LogP contribution is 2.43. The Balaban J connectivity index is 0.000000454. The SMILES string of the molecule is CCOc1ccc(-c2cnc(NCC3CC4C=CC3C4)n2CCOC)cc1.O=C(O)C(=O)O. The Hall–Kier alpha value is -3.33. The Labute approximate surface area is 193 Å². The summed E-state index contributed by atoms with van der Waals surface area (Å²) in [6.07, 6.45) is 9.39. The van der Waals surface area contributed by atoms with Gasteiger partial charge in [0.15, 0.2) is 0 Å². The third-order valence-electron chi connectivity index (χ3n) is 5.96. The van der Waals surface area contributed by atoms with Crippen molar-refractivity contribution in [2.45, 2.75) is 26.3 Å². The number of carboxylic acid groups (broad SMARTS) is 2. The Bertz CT molecular complexity index is 957. The number of rotatable bonds is 9. The number of hydrogen-bond acceptors (Lipinski definition) is 6. The fourth-order valence-electron chi connectivity index (χ4n) is 4.40. The van der Waals surface area contributed by atoms with Crippen LogP contribution < -0.4 is 10.1 Å². The van der Waals surface area contributed by atoms with Gasteiger partial charge in [0.1, 0.15) is 5.75 Å². The molecule has 3 N–H and O–H groups in total. The average molecular weight is 458 g/mol. The Kier molecular flexibility index (Phi) is 8.48. The van der Waals surface area contributed by atoms with Crippen LogP contribution in [0.2, 0.25) is 0 Å². The minimum Gasteiger partial charge on any atom is -0.494 e. The molecule has 178 valence electrons. The van der Waals surface area contributed by atoms with Crippen LogP contribution in [-0.4, -0.2) is 58.6 Å². The summed E-state index contributed by atoms with van der Waals surface area (Å²) in [5, 5.41) is 18.4. The highest BCUT2D eigenvalue weighted by atomic mass is 16.5. The number of benzene rings is 1. The normalized spacial score (nSPS) is 20.2. The van der Waals surface area contributed by atoms with Crippen molar-refractivity contribution in [2.75, 3.05) is 32.2 Å². The third-order valence-corrected chi connectivity index (χ3v) is 5.96. The first-order valence-corrected chi connectivity index (χ1v) is 11.1. The topological polar surface area (TPSA) is 123 Å². The molecule has 33 heavy (non-hydrogen) atoms.